The number of para-hydroxylation sites is 1. The summed E-state index contributed by atoms with van der Waals surface area (Å²) in [7, 11) is 0. The first kappa shape index (κ1) is 29.6. The van der Waals surface area contributed by atoms with Crippen LogP contribution in [0.2, 0.25) is 0 Å². The smallest absolute Gasteiger partial charge is 0.323 e. The summed E-state index contributed by atoms with van der Waals surface area (Å²) >= 11 is 0. The minimum absolute atomic E-state index is 0.0108. The Balaban J connectivity index is 1.44. The number of ether oxygens (including phenoxy) is 2. The number of rotatable bonds is 10. The number of piperidine rings is 1. The van der Waals surface area contributed by atoms with Gasteiger partial charge in [-0.1, -0.05) is 36.4 Å². The number of aliphatic imine (C=N–C) groups is 1. The Morgan fingerprint density at radius 3 is 2.34 bits per heavy atom. The molecule has 216 valence electrons. The van der Waals surface area contributed by atoms with Crippen LogP contribution in [0.3, 0.4) is 0 Å². The topological polar surface area (TPSA) is 132 Å². The van der Waals surface area contributed by atoms with E-state index in [2.05, 4.69) is 21.3 Å². The highest BCUT2D eigenvalue weighted by Crippen LogP contribution is 2.34. The van der Waals surface area contributed by atoms with Gasteiger partial charge in [-0.15, -0.1) is 0 Å². The quantitative estimate of drug-likeness (QED) is 0.188. The van der Waals surface area contributed by atoms with Crippen LogP contribution in [0.1, 0.15) is 54.6 Å². The van der Waals surface area contributed by atoms with E-state index in [-0.39, 0.29) is 12.1 Å². The fourth-order valence-electron chi connectivity index (χ4n) is 4.71. The standard InChI is InChI=1S/C32H39N5O4/c1-22(2)40-31(39)27(33)20-23-14-16-24(17-15-23)30(38)36-32(34)35-21-26-28(37-18-7-4-8-19-37)12-9-13-29(26)41-25-10-5-3-6-11-25/h3,5-6,9-17,22,27H,4,7-8,18-21,33H2,1-2H3,(H3,34,35,36,38). The van der Waals surface area contributed by atoms with Crippen LogP contribution in [-0.2, 0) is 22.5 Å². The van der Waals surface area contributed by atoms with Gasteiger partial charge in [0.05, 0.1) is 6.10 Å². The molecular formula is C32H39N5O4. The summed E-state index contributed by atoms with van der Waals surface area (Å²) in [5, 5.41) is 3.10. The molecule has 1 saturated heterocycles. The van der Waals surface area contributed by atoms with Gasteiger partial charge in [0.1, 0.15) is 17.5 Å². The average Bonchev–Trinajstić information content (AvgIpc) is 2.97. The van der Waals surface area contributed by atoms with E-state index < -0.39 is 17.9 Å². The third-order valence-electron chi connectivity index (χ3n) is 6.76. The summed E-state index contributed by atoms with van der Waals surface area (Å²) in [5.74, 6) is 0.536. The minimum Gasteiger partial charge on any atom is -0.462 e. The number of amides is 1. The average molecular weight is 558 g/mol. The highest BCUT2D eigenvalue weighted by molar-refractivity contribution is 6.02. The Bertz CT molecular complexity index is 1340. The number of hydrogen-bond donors (Lipinski definition) is 3. The molecule has 1 amide bonds. The van der Waals surface area contributed by atoms with Crippen molar-refractivity contribution >= 4 is 23.5 Å². The molecule has 0 spiro atoms. The Morgan fingerprint density at radius 2 is 1.66 bits per heavy atom. The van der Waals surface area contributed by atoms with E-state index in [1.165, 1.54) is 6.42 Å². The number of carbonyl (C=O) groups is 2. The van der Waals surface area contributed by atoms with Crippen molar-refractivity contribution in [3.63, 3.8) is 0 Å². The molecule has 9 nitrogen and oxygen atoms in total. The summed E-state index contributed by atoms with van der Waals surface area (Å²) in [6.45, 7) is 5.84. The number of anilines is 1. The van der Waals surface area contributed by atoms with Crippen LogP contribution in [-0.4, -0.2) is 43.1 Å². The van der Waals surface area contributed by atoms with Gasteiger partial charge < -0.3 is 31.2 Å². The number of hydrogen-bond acceptors (Lipinski definition) is 6. The molecule has 1 aliphatic heterocycles. The second kappa shape index (κ2) is 14.3. The molecular weight excluding hydrogens is 518 g/mol. The van der Waals surface area contributed by atoms with Crippen molar-refractivity contribution in [1.82, 2.24) is 5.32 Å². The lowest BCUT2D eigenvalue weighted by molar-refractivity contribution is -0.148. The van der Waals surface area contributed by atoms with E-state index in [0.29, 0.717) is 18.5 Å². The van der Waals surface area contributed by atoms with Gasteiger partial charge in [0.15, 0.2) is 5.96 Å². The molecule has 1 fully saturated rings. The largest absolute Gasteiger partial charge is 0.462 e. The lowest BCUT2D eigenvalue weighted by Crippen LogP contribution is -2.35. The zero-order valence-electron chi connectivity index (χ0n) is 23.7. The van der Waals surface area contributed by atoms with E-state index in [0.717, 1.165) is 54.2 Å². The van der Waals surface area contributed by atoms with E-state index in [9.17, 15) is 9.59 Å². The van der Waals surface area contributed by atoms with Gasteiger partial charge in [-0.2, -0.15) is 4.99 Å². The van der Waals surface area contributed by atoms with Crippen molar-refractivity contribution in [3.8, 4) is 11.5 Å². The highest BCUT2D eigenvalue weighted by atomic mass is 16.5. The number of benzene rings is 3. The van der Waals surface area contributed by atoms with Crippen LogP contribution in [0.4, 0.5) is 5.69 Å². The van der Waals surface area contributed by atoms with Gasteiger partial charge >= 0.3 is 5.97 Å². The maximum absolute atomic E-state index is 12.8. The third-order valence-corrected chi connectivity index (χ3v) is 6.76. The molecule has 4 rings (SSSR count). The first-order valence-electron chi connectivity index (χ1n) is 14.1. The molecule has 5 N–H and O–H groups in total. The van der Waals surface area contributed by atoms with Crippen LogP contribution in [0, 0.1) is 0 Å². The second-order valence-corrected chi connectivity index (χ2v) is 10.4. The monoisotopic (exact) mass is 557 g/mol. The first-order valence-corrected chi connectivity index (χ1v) is 14.1. The van der Waals surface area contributed by atoms with Crippen LogP contribution in [0.15, 0.2) is 77.8 Å². The molecule has 1 atom stereocenters. The molecule has 0 saturated carbocycles. The minimum atomic E-state index is -0.777. The molecule has 3 aromatic carbocycles. The fourth-order valence-corrected chi connectivity index (χ4v) is 4.71. The lowest BCUT2D eigenvalue weighted by atomic mass is 10.0. The number of nitrogens with zero attached hydrogens (tertiary/aromatic N) is 2. The molecule has 0 radical (unpaired) electrons. The lowest BCUT2D eigenvalue weighted by Gasteiger charge is -2.31. The van der Waals surface area contributed by atoms with Gasteiger partial charge in [-0.3, -0.25) is 9.59 Å². The van der Waals surface area contributed by atoms with Gasteiger partial charge in [-0.05, 0) is 81.5 Å². The predicted octanol–water partition coefficient (Wildman–Crippen LogP) is 4.54. The number of esters is 1. The Labute approximate surface area is 241 Å². The van der Waals surface area contributed by atoms with Crippen molar-refractivity contribution in [3.05, 3.63) is 89.5 Å². The Kier molecular flexibility index (Phi) is 10.3. The van der Waals surface area contributed by atoms with Gasteiger partial charge in [0.25, 0.3) is 5.91 Å². The van der Waals surface area contributed by atoms with Crippen LogP contribution < -0.4 is 26.4 Å². The second-order valence-electron chi connectivity index (χ2n) is 10.4. The first-order chi connectivity index (χ1) is 19.8. The number of nitrogens with one attached hydrogen (secondary N) is 1. The maximum Gasteiger partial charge on any atom is 0.323 e. The molecule has 1 aliphatic rings. The van der Waals surface area contributed by atoms with Crippen molar-refractivity contribution in [2.45, 2.75) is 58.2 Å². The van der Waals surface area contributed by atoms with Gasteiger partial charge in [0.2, 0.25) is 0 Å². The van der Waals surface area contributed by atoms with Crippen LogP contribution in [0.5, 0.6) is 11.5 Å². The number of carbonyl (C=O) groups excluding carboxylic acids is 2. The molecule has 0 aromatic heterocycles. The molecule has 3 aromatic rings. The van der Waals surface area contributed by atoms with E-state index in [4.69, 9.17) is 20.9 Å². The zero-order valence-corrected chi connectivity index (χ0v) is 23.7. The SMILES string of the molecule is CC(C)OC(=O)C(N)Cc1ccc(C(=O)/N=C(\N)NCc2c(Oc3ccccc3)cccc2N2CCCCC2)cc1. The van der Waals surface area contributed by atoms with E-state index in [1.54, 1.807) is 38.1 Å². The summed E-state index contributed by atoms with van der Waals surface area (Å²) < 4.78 is 11.4. The van der Waals surface area contributed by atoms with Crippen molar-refractivity contribution in [2.75, 3.05) is 18.0 Å². The van der Waals surface area contributed by atoms with Crippen molar-refractivity contribution < 1.29 is 19.1 Å². The Hall–Kier alpha value is -4.37. The zero-order chi connectivity index (χ0) is 29.2. The van der Waals surface area contributed by atoms with Crippen LogP contribution >= 0.6 is 0 Å². The van der Waals surface area contributed by atoms with E-state index in [1.807, 2.05) is 42.5 Å². The van der Waals surface area contributed by atoms with Gasteiger partial charge in [0, 0.05) is 36.4 Å². The van der Waals surface area contributed by atoms with Crippen molar-refractivity contribution in [1.29, 1.82) is 0 Å². The molecule has 0 aliphatic carbocycles. The van der Waals surface area contributed by atoms with Crippen LogP contribution in [0.25, 0.3) is 0 Å². The summed E-state index contributed by atoms with van der Waals surface area (Å²) in [6.07, 6.45) is 3.58. The Morgan fingerprint density at radius 1 is 0.951 bits per heavy atom. The molecule has 9 heteroatoms. The van der Waals surface area contributed by atoms with E-state index >= 15 is 0 Å². The fraction of sp³-hybridized carbons (Fsp3) is 0.344. The predicted molar refractivity (Wildman–Crippen MR) is 161 cm³/mol. The summed E-state index contributed by atoms with van der Waals surface area (Å²) in [6, 6.07) is 21.7. The molecule has 0 bridgehead atoms. The summed E-state index contributed by atoms with van der Waals surface area (Å²) in [4.78, 5) is 31.2. The van der Waals surface area contributed by atoms with Crippen molar-refractivity contribution in [2.24, 2.45) is 16.5 Å². The molecule has 1 heterocycles. The third kappa shape index (κ3) is 8.56. The highest BCUT2D eigenvalue weighted by Gasteiger charge is 2.19. The number of guanidine groups is 1. The molecule has 41 heavy (non-hydrogen) atoms. The number of nitrogens with two attached hydrogens (primary N) is 2. The molecule has 1 unspecified atom stereocenters. The van der Waals surface area contributed by atoms with Gasteiger partial charge in [-0.25, -0.2) is 0 Å². The normalized spacial score (nSPS) is 14.4. The maximum atomic E-state index is 12.8. The summed E-state index contributed by atoms with van der Waals surface area (Å²) in [5.41, 5.74) is 15.3.